The Morgan fingerprint density at radius 2 is 1.76 bits per heavy atom. The van der Waals surface area contributed by atoms with Gasteiger partial charge in [0.15, 0.2) is 0 Å². The highest BCUT2D eigenvalue weighted by Crippen LogP contribution is 2.21. The van der Waals surface area contributed by atoms with Crippen molar-refractivity contribution in [2.75, 3.05) is 22.4 Å². The van der Waals surface area contributed by atoms with Crippen LogP contribution < -0.4 is 9.62 Å². The van der Waals surface area contributed by atoms with Crippen LogP contribution in [0.25, 0.3) is 0 Å². The summed E-state index contributed by atoms with van der Waals surface area (Å²) in [5, 5.41) is 11.4. The molecule has 130 valence electrons. The molecule has 0 atom stereocenters. The van der Waals surface area contributed by atoms with E-state index in [1.165, 1.54) is 0 Å². The van der Waals surface area contributed by atoms with Gasteiger partial charge in [0.05, 0.1) is 23.6 Å². The van der Waals surface area contributed by atoms with Gasteiger partial charge in [-0.3, -0.25) is 9.10 Å². The monoisotopic (exact) mass is 357 g/mol. The summed E-state index contributed by atoms with van der Waals surface area (Å²) in [6.07, 6.45) is 1.07. The first-order valence-corrected chi connectivity index (χ1v) is 9.40. The number of hydrogen-bond acceptors (Lipinski definition) is 4. The van der Waals surface area contributed by atoms with Crippen molar-refractivity contribution >= 4 is 27.3 Å². The maximum absolute atomic E-state index is 12.3. The normalized spacial score (nSPS) is 10.8. The quantitative estimate of drug-likeness (QED) is 0.890. The van der Waals surface area contributed by atoms with Crippen molar-refractivity contribution in [3.8, 4) is 6.07 Å². The van der Waals surface area contributed by atoms with E-state index < -0.39 is 15.9 Å². The minimum absolute atomic E-state index is 0.332. The minimum atomic E-state index is -3.62. The van der Waals surface area contributed by atoms with E-state index in [4.69, 9.17) is 5.26 Å². The van der Waals surface area contributed by atoms with E-state index in [9.17, 15) is 13.2 Å². The molecule has 0 aliphatic carbocycles. The van der Waals surface area contributed by atoms with Gasteiger partial charge < -0.3 is 5.32 Å². The van der Waals surface area contributed by atoms with Gasteiger partial charge in [-0.25, -0.2) is 8.42 Å². The van der Waals surface area contributed by atoms with Crippen molar-refractivity contribution in [1.29, 1.82) is 5.26 Å². The lowest BCUT2D eigenvalue weighted by atomic mass is 10.1. The number of anilines is 2. The van der Waals surface area contributed by atoms with Crippen LogP contribution in [0.1, 0.15) is 16.7 Å². The Morgan fingerprint density at radius 1 is 1.12 bits per heavy atom. The van der Waals surface area contributed by atoms with E-state index in [1.807, 2.05) is 26.0 Å². The molecule has 0 bridgehead atoms. The van der Waals surface area contributed by atoms with Crippen molar-refractivity contribution < 1.29 is 13.2 Å². The van der Waals surface area contributed by atoms with Crippen LogP contribution in [-0.4, -0.2) is 27.1 Å². The number of hydrogen-bond donors (Lipinski definition) is 1. The Hall–Kier alpha value is -2.85. The van der Waals surface area contributed by atoms with E-state index >= 15 is 0 Å². The van der Waals surface area contributed by atoms with Crippen LogP contribution in [0.5, 0.6) is 0 Å². The van der Waals surface area contributed by atoms with Gasteiger partial charge in [0.2, 0.25) is 15.9 Å². The SMILES string of the molecule is Cc1ccc(N(CC(=O)Nc2ccc(C#N)cc2)S(C)(=O)=O)cc1C. The number of nitrogens with one attached hydrogen (secondary N) is 1. The summed E-state index contributed by atoms with van der Waals surface area (Å²) in [6.45, 7) is 3.49. The number of carbonyl (C=O) groups is 1. The van der Waals surface area contributed by atoms with Gasteiger partial charge in [-0.2, -0.15) is 5.26 Å². The van der Waals surface area contributed by atoms with Gasteiger partial charge in [0, 0.05) is 5.69 Å². The number of sulfonamides is 1. The molecule has 0 aliphatic rings. The molecule has 0 heterocycles. The molecule has 2 rings (SSSR count). The molecule has 1 N–H and O–H groups in total. The molecule has 7 heteroatoms. The highest BCUT2D eigenvalue weighted by Gasteiger charge is 2.21. The molecular formula is C18H19N3O3S. The van der Waals surface area contributed by atoms with Crippen molar-refractivity contribution in [1.82, 2.24) is 0 Å². The van der Waals surface area contributed by atoms with Crippen molar-refractivity contribution in [2.24, 2.45) is 0 Å². The smallest absolute Gasteiger partial charge is 0.245 e. The number of aryl methyl sites for hydroxylation is 2. The maximum Gasteiger partial charge on any atom is 0.245 e. The Labute approximate surface area is 147 Å². The third-order valence-corrected chi connectivity index (χ3v) is 4.90. The van der Waals surface area contributed by atoms with Crippen LogP contribution in [0.15, 0.2) is 42.5 Å². The fourth-order valence-corrected chi connectivity index (χ4v) is 3.09. The summed E-state index contributed by atoms with van der Waals surface area (Å²) in [5.41, 5.74) is 3.40. The first-order valence-electron chi connectivity index (χ1n) is 7.55. The molecule has 2 aromatic carbocycles. The molecule has 0 fully saturated rings. The number of amides is 1. The number of nitrogens with zero attached hydrogens (tertiary/aromatic N) is 2. The number of benzene rings is 2. The van der Waals surface area contributed by atoms with Gasteiger partial charge in [-0.1, -0.05) is 6.07 Å². The first kappa shape index (κ1) is 18.5. The Kier molecular flexibility index (Phi) is 5.45. The third kappa shape index (κ3) is 4.81. The van der Waals surface area contributed by atoms with Gasteiger partial charge in [0.25, 0.3) is 0 Å². The zero-order valence-electron chi connectivity index (χ0n) is 14.3. The molecular weight excluding hydrogens is 338 g/mol. The second-order valence-electron chi connectivity index (χ2n) is 5.78. The molecule has 1 amide bonds. The van der Waals surface area contributed by atoms with Crippen molar-refractivity contribution in [2.45, 2.75) is 13.8 Å². The Bertz CT molecular complexity index is 929. The largest absolute Gasteiger partial charge is 0.325 e. The van der Waals surface area contributed by atoms with E-state index in [1.54, 1.807) is 36.4 Å². The third-order valence-electron chi connectivity index (χ3n) is 3.76. The molecule has 0 aliphatic heterocycles. The summed E-state index contributed by atoms with van der Waals surface area (Å²) in [6, 6.07) is 13.6. The predicted molar refractivity (Wildman–Crippen MR) is 97.9 cm³/mol. The minimum Gasteiger partial charge on any atom is -0.325 e. The van der Waals surface area contributed by atoms with Gasteiger partial charge >= 0.3 is 0 Å². The predicted octanol–water partition coefficient (Wildman–Crippen LogP) is 2.58. The molecule has 6 nitrogen and oxygen atoms in total. The molecule has 0 spiro atoms. The van der Waals surface area contributed by atoms with E-state index in [0.717, 1.165) is 21.7 Å². The average molecular weight is 357 g/mol. The first-order chi connectivity index (χ1) is 11.7. The van der Waals surface area contributed by atoms with Gasteiger partial charge in [0.1, 0.15) is 6.54 Å². The summed E-state index contributed by atoms with van der Waals surface area (Å²) in [5.74, 6) is -0.464. The molecule has 25 heavy (non-hydrogen) atoms. The van der Waals surface area contributed by atoms with Crippen LogP contribution in [0.2, 0.25) is 0 Å². The Balaban J connectivity index is 2.20. The lowest BCUT2D eigenvalue weighted by Gasteiger charge is -2.22. The van der Waals surface area contributed by atoms with E-state index in [0.29, 0.717) is 16.9 Å². The fraction of sp³-hybridized carbons (Fsp3) is 0.222. The maximum atomic E-state index is 12.3. The standard InChI is InChI=1S/C18H19N3O3S/c1-13-4-9-17(10-14(13)2)21(25(3,23)24)12-18(22)20-16-7-5-15(11-19)6-8-16/h4-10H,12H2,1-3H3,(H,20,22). The number of rotatable bonds is 5. The zero-order chi connectivity index (χ0) is 18.6. The number of carbonyl (C=O) groups excluding carboxylic acids is 1. The lowest BCUT2D eigenvalue weighted by Crippen LogP contribution is -2.37. The van der Waals surface area contributed by atoms with Crippen LogP contribution in [0.3, 0.4) is 0 Å². The topological polar surface area (TPSA) is 90.3 Å². The summed E-state index contributed by atoms with van der Waals surface area (Å²) >= 11 is 0. The molecule has 2 aromatic rings. The Morgan fingerprint density at radius 3 is 2.28 bits per heavy atom. The van der Waals surface area contributed by atoms with Crippen molar-refractivity contribution in [3.05, 3.63) is 59.2 Å². The number of nitriles is 1. The second kappa shape index (κ2) is 7.36. The van der Waals surface area contributed by atoms with Crippen LogP contribution in [0.4, 0.5) is 11.4 Å². The average Bonchev–Trinajstić information content (AvgIpc) is 2.55. The van der Waals surface area contributed by atoms with Gasteiger partial charge in [-0.05, 0) is 61.4 Å². The summed E-state index contributed by atoms with van der Waals surface area (Å²) < 4.78 is 25.3. The van der Waals surface area contributed by atoms with Crippen molar-refractivity contribution in [3.63, 3.8) is 0 Å². The highest BCUT2D eigenvalue weighted by atomic mass is 32.2. The highest BCUT2D eigenvalue weighted by molar-refractivity contribution is 7.92. The summed E-state index contributed by atoms with van der Waals surface area (Å²) in [4.78, 5) is 12.3. The van der Waals surface area contributed by atoms with E-state index in [2.05, 4.69) is 5.32 Å². The molecule has 0 radical (unpaired) electrons. The fourth-order valence-electron chi connectivity index (χ4n) is 2.24. The molecule has 0 saturated carbocycles. The molecule has 0 unspecified atom stereocenters. The van der Waals surface area contributed by atoms with Gasteiger partial charge in [-0.15, -0.1) is 0 Å². The summed E-state index contributed by atoms with van der Waals surface area (Å²) in [7, 11) is -3.62. The zero-order valence-corrected chi connectivity index (χ0v) is 15.1. The van der Waals surface area contributed by atoms with Crippen LogP contribution in [-0.2, 0) is 14.8 Å². The lowest BCUT2D eigenvalue weighted by molar-refractivity contribution is -0.114. The molecule has 0 aromatic heterocycles. The van der Waals surface area contributed by atoms with Crippen LogP contribution in [0, 0.1) is 25.2 Å². The van der Waals surface area contributed by atoms with E-state index in [-0.39, 0.29) is 6.54 Å². The second-order valence-corrected chi connectivity index (χ2v) is 7.68. The molecule has 0 saturated heterocycles. The van der Waals surface area contributed by atoms with Crippen LogP contribution >= 0.6 is 0 Å².